The van der Waals surface area contributed by atoms with Crippen LogP contribution in [-0.2, 0) is 11.2 Å². The van der Waals surface area contributed by atoms with Gasteiger partial charge in [-0.25, -0.2) is 4.79 Å². The minimum atomic E-state index is -0.360. The number of methoxy groups -OCH3 is 2. The highest BCUT2D eigenvalue weighted by atomic mass is 16.5. The zero-order chi connectivity index (χ0) is 15.7. The number of aryl methyl sites for hydroxylation is 1. The zero-order valence-corrected chi connectivity index (χ0v) is 13.3. The van der Waals surface area contributed by atoms with E-state index >= 15 is 0 Å². The number of alkyl carbamates (subject to hydrolysis) is 1. The Bertz CT molecular complexity index is 460. The van der Waals surface area contributed by atoms with Crippen LogP contribution in [0.4, 0.5) is 4.79 Å². The molecule has 118 valence electrons. The second kappa shape index (κ2) is 9.10. The summed E-state index contributed by atoms with van der Waals surface area (Å²) in [5.74, 6) is 1.41. The first-order chi connectivity index (χ1) is 10.1. The Balaban J connectivity index is 2.50. The molecule has 0 aliphatic heterocycles. The molecule has 0 spiro atoms. The quantitative estimate of drug-likeness (QED) is 0.749. The molecule has 0 atom stereocenters. The van der Waals surface area contributed by atoms with Gasteiger partial charge in [0.1, 0.15) is 0 Å². The van der Waals surface area contributed by atoms with Crippen LogP contribution in [0.1, 0.15) is 30.9 Å². The van der Waals surface area contributed by atoms with E-state index in [9.17, 15) is 4.79 Å². The summed E-state index contributed by atoms with van der Waals surface area (Å²) in [5.41, 5.74) is 2.22. The molecule has 1 aromatic carbocycles. The largest absolute Gasteiger partial charge is 0.493 e. The number of ether oxygens (including phenoxy) is 3. The summed E-state index contributed by atoms with van der Waals surface area (Å²) in [6, 6.07) is 3.88. The molecular formula is C16H25NO4. The molecule has 0 bridgehead atoms. The van der Waals surface area contributed by atoms with Crippen molar-refractivity contribution in [2.24, 2.45) is 0 Å². The van der Waals surface area contributed by atoms with Gasteiger partial charge in [-0.2, -0.15) is 0 Å². The molecule has 0 saturated carbocycles. The topological polar surface area (TPSA) is 56.8 Å². The van der Waals surface area contributed by atoms with Crippen molar-refractivity contribution in [1.82, 2.24) is 5.32 Å². The van der Waals surface area contributed by atoms with Crippen molar-refractivity contribution >= 4 is 6.09 Å². The van der Waals surface area contributed by atoms with Crippen molar-refractivity contribution < 1.29 is 19.0 Å². The average Bonchev–Trinajstić information content (AvgIpc) is 2.48. The zero-order valence-electron chi connectivity index (χ0n) is 13.3. The van der Waals surface area contributed by atoms with E-state index in [1.54, 1.807) is 14.2 Å². The SMILES string of the molecule is CCCCOC(=O)NCCc1cc(OC)c(OC)cc1C. The molecule has 1 aromatic rings. The van der Waals surface area contributed by atoms with Gasteiger partial charge < -0.3 is 19.5 Å². The minimum Gasteiger partial charge on any atom is -0.493 e. The predicted octanol–water partition coefficient (Wildman–Crippen LogP) is 3.08. The van der Waals surface area contributed by atoms with E-state index in [0.29, 0.717) is 24.7 Å². The fourth-order valence-corrected chi connectivity index (χ4v) is 1.95. The minimum absolute atomic E-state index is 0.360. The van der Waals surface area contributed by atoms with E-state index in [1.165, 1.54) is 0 Å². The van der Waals surface area contributed by atoms with Gasteiger partial charge in [-0.15, -0.1) is 0 Å². The van der Waals surface area contributed by atoms with E-state index in [2.05, 4.69) is 12.2 Å². The smallest absolute Gasteiger partial charge is 0.407 e. The van der Waals surface area contributed by atoms with Gasteiger partial charge in [0.2, 0.25) is 0 Å². The van der Waals surface area contributed by atoms with E-state index in [-0.39, 0.29) is 6.09 Å². The van der Waals surface area contributed by atoms with Crippen LogP contribution in [-0.4, -0.2) is 33.5 Å². The van der Waals surface area contributed by atoms with Crippen LogP contribution in [0.15, 0.2) is 12.1 Å². The third kappa shape index (κ3) is 5.53. The molecule has 0 heterocycles. The monoisotopic (exact) mass is 295 g/mol. The van der Waals surface area contributed by atoms with Crippen LogP contribution in [0, 0.1) is 6.92 Å². The number of nitrogens with one attached hydrogen (secondary N) is 1. The van der Waals surface area contributed by atoms with Crippen LogP contribution in [0.2, 0.25) is 0 Å². The summed E-state index contributed by atoms with van der Waals surface area (Å²) >= 11 is 0. The van der Waals surface area contributed by atoms with Gasteiger partial charge in [0.15, 0.2) is 11.5 Å². The van der Waals surface area contributed by atoms with E-state index < -0.39 is 0 Å². The van der Waals surface area contributed by atoms with Crippen LogP contribution in [0.5, 0.6) is 11.5 Å². The molecule has 21 heavy (non-hydrogen) atoms. The van der Waals surface area contributed by atoms with Gasteiger partial charge in [0, 0.05) is 6.54 Å². The fourth-order valence-electron chi connectivity index (χ4n) is 1.95. The number of hydrogen-bond acceptors (Lipinski definition) is 4. The maximum atomic E-state index is 11.4. The second-order valence-electron chi connectivity index (χ2n) is 4.80. The third-order valence-electron chi connectivity index (χ3n) is 3.24. The van der Waals surface area contributed by atoms with Gasteiger partial charge in [-0.1, -0.05) is 13.3 Å². The first kappa shape index (κ1) is 17.1. The Morgan fingerprint density at radius 3 is 2.48 bits per heavy atom. The van der Waals surface area contributed by atoms with Gasteiger partial charge in [0.05, 0.1) is 20.8 Å². The molecule has 1 amide bonds. The molecular weight excluding hydrogens is 270 g/mol. The maximum Gasteiger partial charge on any atom is 0.407 e. The first-order valence-electron chi connectivity index (χ1n) is 7.24. The average molecular weight is 295 g/mol. The predicted molar refractivity (Wildman–Crippen MR) is 82.2 cm³/mol. The lowest BCUT2D eigenvalue weighted by Gasteiger charge is -2.13. The molecule has 0 fully saturated rings. The van der Waals surface area contributed by atoms with Crippen molar-refractivity contribution in [2.75, 3.05) is 27.4 Å². The van der Waals surface area contributed by atoms with Gasteiger partial charge in [-0.05, 0) is 43.0 Å². The molecule has 5 nitrogen and oxygen atoms in total. The van der Waals surface area contributed by atoms with Gasteiger partial charge in [-0.3, -0.25) is 0 Å². The van der Waals surface area contributed by atoms with Gasteiger partial charge >= 0.3 is 6.09 Å². The van der Waals surface area contributed by atoms with Crippen LogP contribution < -0.4 is 14.8 Å². The second-order valence-corrected chi connectivity index (χ2v) is 4.80. The Kier molecular flexibility index (Phi) is 7.43. The lowest BCUT2D eigenvalue weighted by atomic mass is 10.0. The number of amides is 1. The molecule has 0 aromatic heterocycles. The summed E-state index contributed by atoms with van der Waals surface area (Å²) in [7, 11) is 3.23. The van der Waals surface area contributed by atoms with Crippen molar-refractivity contribution in [1.29, 1.82) is 0 Å². The summed E-state index contributed by atoms with van der Waals surface area (Å²) in [6.45, 7) is 5.07. The van der Waals surface area contributed by atoms with Crippen molar-refractivity contribution in [2.45, 2.75) is 33.1 Å². The maximum absolute atomic E-state index is 11.4. The Morgan fingerprint density at radius 2 is 1.86 bits per heavy atom. The summed E-state index contributed by atoms with van der Waals surface area (Å²) in [4.78, 5) is 11.4. The third-order valence-corrected chi connectivity index (χ3v) is 3.24. The molecule has 1 rings (SSSR count). The summed E-state index contributed by atoms with van der Waals surface area (Å²) < 4.78 is 15.6. The normalized spacial score (nSPS) is 10.1. The van der Waals surface area contributed by atoms with E-state index in [0.717, 1.165) is 30.4 Å². The number of carbonyl (C=O) groups is 1. The van der Waals surface area contributed by atoms with E-state index in [4.69, 9.17) is 14.2 Å². The molecule has 1 N–H and O–H groups in total. The fraction of sp³-hybridized carbons (Fsp3) is 0.562. The van der Waals surface area contributed by atoms with Crippen LogP contribution >= 0.6 is 0 Å². The van der Waals surface area contributed by atoms with Crippen LogP contribution in [0.25, 0.3) is 0 Å². The lowest BCUT2D eigenvalue weighted by Crippen LogP contribution is -2.27. The van der Waals surface area contributed by atoms with Gasteiger partial charge in [0.25, 0.3) is 0 Å². The molecule has 0 unspecified atom stereocenters. The van der Waals surface area contributed by atoms with Crippen molar-refractivity contribution in [3.8, 4) is 11.5 Å². The Morgan fingerprint density at radius 1 is 1.19 bits per heavy atom. The van der Waals surface area contributed by atoms with Crippen LogP contribution in [0.3, 0.4) is 0 Å². The highest BCUT2D eigenvalue weighted by Crippen LogP contribution is 2.30. The number of rotatable bonds is 8. The highest BCUT2D eigenvalue weighted by molar-refractivity contribution is 5.67. The molecule has 0 aliphatic carbocycles. The lowest BCUT2D eigenvalue weighted by molar-refractivity contribution is 0.144. The molecule has 0 aliphatic rings. The number of carbonyl (C=O) groups excluding carboxylic acids is 1. The highest BCUT2D eigenvalue weighted by Gasteiger charge is 2.09. The Labute approximate surface area is 126 Å². The summed E-state index contributed by atoms with van der Waals surface area (Å²) in [5, 5.41) is 2.75. The first-order valence-corrected chi connectivity index (χ1v) is 7.24. The molecule has 0 saturated heterocycles. The number of hydrogen-bond donors (Lipinski definition) is 1. The standard InChI is InChI=1S/C16H25NO4/c1-5-6-9-21-16(18)17-8-7-13-11-15(20-4)14(19-3)10-12(13)2/h10-11H,5-9H2,1-4H3,(H,17,18). The van der Waals surface area contributed by atoms with E-state index in [1.807, 2.05) is 19.1 Å². The Hall–Kier alpha value is -1.91. The molecule has 0 radical (unpaired) electrons. The number of unbranched alkanes of at least 4 members (excludes halogenated alkanes) is 1. The summed E-state index contributed by atoms with van der Waals surface area (Å²) in [6.07, 6.45) is 2.26. The van der Waals surface area contributed by atoms with Crippen molar-refractivity contribution in [3.63, 3.8) is 0 Å². The number of benzene rings is 1. The molecule has 5 heteroatoms. The van der Waals surface area contributed by atoms with Crippen molar-refractivity contribution in [3.05, 3.63) is 23.3 Å².